The summed E-state index contributed by atoms with van der Waals surface area (Å²) in [7, 11) is 0. The first-order valence-corrected chi connectivity index (χ1v) is 12.4. The maximum Gasteiger partial charge on any atom is 0.338 e. The Labute approximate surface area is 199 Å². The van der Waals surface area contributed by atoms with E-state index in [1.165, 1.54) is 11.3 Å². The third kappa shape index (κ3) is 5.47. The van der Waals surface area contributed by atoms with Crippen molar-refractivity contribution in [2.75, 3.05) is 39.3 Å². The van der Waals surface area contributed by atoms with Crippen molar-refractivity contribution in [1.82, 2.24) is 20.0 Å². The van der Waals surface area contributed by atoms with Crippen LogP contribution >= 0.6 is 11.3 Å². The minimum Gasteiger partial charge on any atom is -0.463 e. The minimum atomic E-state index is -0.569. The van der Waals surface area contributed by atoms with Gasteiger partial charge in [-0.15, -0.1) is 6.58 Å². The van der Waals surface area contributed by atoms with Gasteiger partial charge in [0.25, 0.3) is 0 Å². The highest BCUT2D eigenvalue weighted by molar-refractivity contribution is 7.08. The second-order valence-electron chi connectivity index (χ2n) is 8.69. The first-order valence-electron chi connectivity index (χ1n) is 11.4. The molecule has 1 aromatic rings. The summed E-state index contributed by atoms with van der Waals surface area (Å²) < 4.78 is 5.42. The van der Waals surface area contributed by atoms with Gasteiger partial charge in [-0.25, -0.2) is 9.59 Å². The van der Waals surface area contributed by atoms with Gasteiger partial charge in [0.2, 0.25) is 5.91 Å². The zero-order valence-corrected chi connectivity index (χ0v) is 20.7. The number of hydrogen-bond acceptors (Lipinski definition) is 6. The molecule has 2 unspecified atom stereocenters. The maximum absolute atomic E-state index is 13.1. The van der Waals surface area contributed by atoms with E-state index >= 15 is 0 Å². The van der Waals surface area contributed by atoms with Gasteiger partial charge in [-0.2, -0.15) is 11.3 Å². The molecule has 2 aliphatic rings. The Hall–Kier alpha value is -2.65. The van der Waals surface area contributed by atoms with Crippen molar-refractivity contribution < 1.29 is 19.1 Å². The van der Waals surface area contributed by atoms with Gasteiger partial charge in [0.1, 0.15) is 0 Å². The van der Waals surface area contributed by atoms with Crippen molar-refractivity contribution in [1.29, 1.82) is 0 Å². The molecule has 1 N–H and O–H groups in total. The van der Waals surface area contributed by atoms with Crippen molar-refractivity contribution in [2.45, 2.75) is 39.8 Å². The normalized spacial score (nSPS) is 21.9. The molecule has 2 atom stereocenters. The van der Waals surface area contributed by atoms with Gasteiger partial charge in [-0.05, 0) is 36.2 Å². The minimum absolute atomic E-state index is 0.0400. The maximum atomic E-state index is 13.1. The van der Waals surface area contributed by atoms with Crippen molar-refractivity contribution in [2.24, 2.45) is 5.92 Å². The van der Waals surface area contributed by atoms with E-state index in [0.717, 1.165) is 5.56 Å². The molecule has 0 radical (unpaired) electrons. The van der Waals surface area contributed by atoms with Crippen molar-refractivity contribution in [3.05, 3.63) is 46.3 Å². The van der Waals surface area contributed by atoms with Crippen molar-refractivity contribution in [3.8, 4) is 0 Å². The van der Waals surface area contributed by atoms with Crippen molar-refractivity contribution >= 4 is 29.2 Å². The van der Waals surface area contributed by atoms with E-state index in [1.807, 2.05) is 42.5 Å². The summed E-state index contributed by atoms with van der Waals surface area (Å²) in [5.74, 6) is -0.329. The fraction of sp³-hybridized carbons (Fsp3) is 0.542. The monoisotopic (exact) mass is 474 g/mol. The fourth-order valence-corrected chi connectivity index (χ4v) is 5.07. The second-order valence-corrected chi connectivity index (χ2v) is 9.47. The summed E-state index contributed by atoms with van der Waals surface area (Å²) in [5.41, 5.74) is 1.93. The Balaban J connectivity index is 1.96. The highest BCUT2D eigenvalue weighted by Gasteiger charge is 2.39. The molecule has 1 fully saturated rings. The molecular formula is C24H34N4O4S. The van der Waals surface area contributed by atoms with Crippen LogP contribution in [-0.4, -0.2) is 78.0 Å². The molecule has 3 heterocycles. The Morgan fingerprint density at radius 2 is 2.12 bits per heavy atom. The summed E-state index contributed by atoms with van der Waals surface area (Å²) in [6.45, 7) is 14.3. The predicted octanol–water partition coefficient (Wildman–Crippen LogP) is 3.01. The number of rotatable bonds is 8. The molecule has 1 aromatic heterocycles. The number of carbonyl (C=O) groups excluding carboxylic acids is 3. The largest absolute Gasteiger partial charge is 0.463 e. The number of urea groups is 1. The number of esters is 1. The average molecular weight is 475 g/mol. The molecule has 2 aliphatic heterocycles. The molecule has 1 saturated heterocycles. The molecule has 0 aromatic carbocycles. The topological polar surface area (TPSA) is 82.2 Å². The van der Waals surface area contributed by atoms with Gasteiger partial charge in [0.05, 0.1) is 18.2 Å². The van der Waals surface area contributed by atoms with Crippen LogP contribution in [0.3, 0.4) is 0 Å². The molecule has 33 heavy (non-hydrogen) atoms. The lowest BCUT2D eigenvalue weighted by Crippen LogP contribution is -2.57. The van der Waals surface area contributed by atoms with Crippen LogP contribution in [0.2, 0.25) is 0 Å². The lowest BCUT2D eigenvalue weighted by atomic mass is 9.95. The summed E-state index contributed by atoms with van der Waals surface area (Å²) in [5, 5.41) is 6.83. The highest BCUT2D eigenvalue weighted by Crippen LogP contribution is 2.33. The van der Waals surface area contributed by atoms with E-state index in [-0.39, 0.29) is 37.0 Å². The predicted molar refractivity (Wildman–Crippen MR) is 129 cm³/mol. The van der Waals surface area contributed by atoms with Crippen LogP contribution in [0.5, 0.6) is 0 Å². The van der Waals surface area contributed by atoms with Gasteiger partial charge in [0.15, 0.2) is 0 Å². The Morgan fingerprint density at radius 1 is 1.36 bits per heavy atom. The summed E-state index contributed by atoms with van der Waals surface area (Å²) in [6, 6.07) is 1.11. The van der Waals surface area contributed by atoms with Crippen LogP contribution in [0, 0.1) is 5.92 Å². The summed E-state index contributed by atoms with van der Waals surface area (Å²) in [4.78, 5) is 44.4. The molecule has 3 amide bonds. The van der Waals surface area contributed by atoms with E-state index in [2.05, 4.69) is 16.8 Å². The van der Waals surface area contributed by atoms with Crippen LogP contribution in [-0.2, 0) is 14.3 Å². The number of ether oxygens (including phenoxy) is 1. The second kappa shape index (κ2) is 11.0. The van der Waals surface area contributed by atoms with Crippen LogP contribution in [0.25, 0.3) is 0 Å². The van der Waals surface area contributed by atoms with Gasteiger partial charge >= 0.3 is 12.0 Å². The average Bonchev–Trinajstić information content (AvgIpc) is 3.30. The third-order valence-corrected chi connectivity index (χ3v) is 6.69. The van der Waals surface area contributed by atoms with Crippen LogP contribution in [0.4, 0.5) is 4.79 Å². The molecule has 9 heteroatoms. The van der Waals surface area contributed by atoms with Gasteiger partial charge < -0.3 is 15.0 Å². The standard InChI is InChI=1S/C24H34N4O4S/c1-6-9-28-19(14-26-10-11-27(17(5)13-26)22(29)16(3)4)20(23(30)32-7-2)21(25-24(28)31)18-8-12-33-15-18/h6,8,12,15-17,21H,1,7,9-11,13-14H2,2-5H3,(H,25,31). The third-order valence-electron chi connectivity index (χ3n) is 5.98. The molecule has 0 bridgehead atoms. The molecular weight excluding hydrogens is 440 g/mol. The van der Waals surface area contributed by atoms with Crippen LogP contribution in [0.15, 0.2) is 40.8 Å². The van der Waals surface area contributed by atoms with E-state index in [9.17, 15) is 14.4 Å². The van der Waals surface area contributed by atoms with Crippen molar-refractivity contribution in [3.63, 3.8) is 0 Å². The number of thiophene rings is 1. The molecule has 0 aliphatic carbocycles. The molecule has 3 rings (SSSR count). The first-order chi connectivity index (χ1) is 15.8. The molecule has 0 saturated carbocycles. The molecule has 0 spiro atoms. The number of hydrogen-bond donors (Lipinski definition) is 1. The quantitative estimate of drug-likeness (QED) is 0.463. The summed E-state index contributed by atoms with van der Waals surface area (Å²) >= 11 is 1.51. The lowest BCUT2D eigenvalue weighted by Gasteiger charge is -2.43. The highest BCUT2D eigenvalue weighted by atomic mass is 32.1. The molecule has 8 nitrogen and oxygen atoms in total. The Bertz CT molecular complexity index is 912. The number of carbonyl (C=O) groups is 3. The smallest absolute Gasteiger partial charge is 0.338 e. The number of piperazine rings is 1. The van der Waals surface area contributed by atoms with Crippen LogP contribution in [0.1, 0.15) is 39.3 Å². The number of nitrogens with zero attached hydrogens (tertiary/aromatic N) is 3. The number of amides is 3. The van der Waals surface area contributed by atoms with E-state index in [1.54, 1.807) is 17.9 Å². The van der Waals surface area contributed by atoms with Gasteiger partial charge in [-0.1, -0.05) is 19.9 Å². The molecule has 180 valence electrons. The SMILES string of the molecule is C=CCN1C(=O)NC(c2ccsc2)C(C(=O)OCC)=C1CN1CCN(C(=O)C(C)C)C(C)C1. The van der Waals surface area contributed by atoms with Gasteiger partial charge in [0, 0.05) is 50.4 Å². The lowest BCUT2D eigenvalue weighted by molar-refractivity contribution is -0.139. The zero-order chi connectivity index (χ0) is 24.1. The number of nitrogens with one attached hydrogen (secondary N) is 1. The van der Waals surface area contributed by atoms with Crippen LogP contribution < -0.4 is 5.32 Å². The van der Waals surface area contributed by atoms with E-state index in [4.69, 9.17) is 4.74 Å². The van der Waals surface area contributed by atoms with E-state index < -0.39 is 12.0 Å². The van der Waals surface area contributed by atoms with Gasteiger partial charge in [-0.3, -0.25) is 14.6 Å². The fourth-order valence-electron chi connectivity index (χ4n) is 4.38. The first kappa shape index (κ1) is 25.0. The van der Waals surface area contributed by atoms with E-state index in [0.29, 0.717) is 37.4 Å². The zero-order valence-electron chi connectivity index (χ0n) is 19.9. The Morgan fingerprint density at radius 3 is 2.70 bits per heavy atom. The summed E-state index contributed by atoms with van der Waals surface area (Å²) in [6.07, 6.45) is 1.65. The Kier molecular flexibility index (Phi) is 8.31.